The molecule has 0 N–H and O–H groups in total. The van der Waals surface area contributed by atoms with E-state index in [0.29, 0.717) is 17.6 Å². The van der Waals surface area contributed by atoms with Crippen molar-refractivity contribution in [2.45, 2.75) is 26.6 Å². The van der Waals surface area contributed by atoms with E-state index in [1.54, 1.807) is 37.3 Å². The van der Waals surface area contributed by atoms with Crippen LogP contribution in [0.15, 0.2) is 49.3 Å². The summed E-state index contributed by atoms with van der Waals surface area (Å²) in [7, 11) is 0. The number of nitrogens with zero attached hydrogens (tertiary/aromatic N) is 4. The molecule has 24 heavy (non-hydrogen) atoms. The Bertz CT molecular complexity index is 1120. The summed E-state index contributed by atoms with van der Waals surface area (Å²) in [5, 5.41) is 9.04. The van der Waals surface area contributed by atoms with Crippen LogP contribution in [0, 0.1) is 11.3 Å². The molecule has 0 aliphatic carbocycles. The number of aromatic nitrogens is 3. The molecule has 0 radical (unpaired) electrons. The van der Waals surface area contributed by atoms with Crippen molar-refractivity contribution in [3.05, 3.63) is 67.4 Å². The van der Waals surface area contributed by atoms with Crippen LogP contribution >= 0.6 is 0 Å². The van der Waals surface area contributed by atoms with E-state index >= 15 is 0 Å². The summed E-state index contributed by atoms with van der Waals surface area (Å²) in [5.74, 6) is -0.559. The monoisotopic (exact) mass is 326 g/mol. The maximum absolute atomic E-state index is 12.3. The van der Waals surface area contributed by atoms with Crippen molar-refractivity contribution >= 4 is 11.1 Å². The van der Waals surface area contributed by atoms with Gasteiger partial charge in [0.05, 0.1) is 5.52 Å². The molecule has 8 heteroatoms. The summed E-state index contributed by atoms with van der Waals surface area (Å²) in [6, 6.07) is 8.69. The van der Waals surface area contributed by atoms with E-state index in [2.05, 4.69) is 0 Å². The van der Waals surface area contributed by atoms with E-state index in [1.807, 2.05) is 0 Å². The highest BCUT2D eigenvalue weighted by atomic mass is 16.4. The van der Waals surface area contributed by atoms with Gasteiger partial charge in [0.2, 0.25) is 0 Å². The van der Waals surface area contributed by atoms with Crippen molar-refractivity contribution in [1.82, 2.24) is 13.7 Å². The highest BCUT2D eigenvalue weighted by Crippen LogP contribution is 2.11. The summed E-state index contributed by atoms with van der Waals surface area (Å²) in [6.07, 6.45) is 1.25. The van der Waals surface area contributed by atoms with Crippen LogP contribution < -0.4 is 17.0 Å². The third-order valence-electron chi connectivity index (χ3n) is 3.82. The number of rotatable bonds is 4. The fourth-order valence-electron chi connectivity index (χ4n) is 2.58. The Morgan fingerprint density at radius 3 is 2.54 bits per heavy atom. The molecular weight excluding hydrogens is 312 g/mol. The molecule has 0 aliphatic heterocycles. The molecule has 0 spiro atoms. The molecule has 122 valence electrons. The van der Waals surface area contributed by atoms with E-state index in [4.69, 9.17) is 9.68 Å². The standard InChI is InChI=1S/C16H14N4O4/c1-2-18-10-11(9-17)14(21)20(15(18)22)8-7-19-12-5-3-4-6-13(12)24-16(19)23/h3-6,10H,2,7-8H2,1H3. The lowest BCUT2D eigenvalue weighted by atomic mass is 10.3. The highest BCUT2D eigenvalue weighted by Gasteiger charge is 2.13. The van der Waals surface area contributed by atoms with Crippen molar-refractivity contribution in [2.75, 3.05) is 0 Å². The lowest BCUT2D eigenvalue weighted by molar-refractivity contribution is 0.466. The van der Waals surface area contributed by atoms with Crippen molar-refractivity contribution in [2.24, 2.45) is 0 Å². The number of hydrogen-bond donors (Lipinski definition) is 0. The van der Waals surface area contributed by atoms with Gasteiger partial charge < -0.3 is 4.42 Å². The van der Waals surface area contributed by atoms with Gasteiger partial charge in [0.1, 0.15) is 11.6 Å². The Hall–Kier alpha value is -3.34. The van der Waals surface area contributed by atoms with Gasteiger partial charge in [0.25, 0.3) is 5.56 Å². The van der Waals surface area contributed by atoms with Crippen LogP contribution in [-0.2, 0) is 19.6 Å². The van der Waals surface area contributed by atoms with Crippen molar-refractivity contribution < 1.29 is 4.42 Å². The fourth-order valence-corrected chi connectivity index (χ4v) is 2.58. The quantitative estimate of drug-likeness (QED) is 0.695. The van der Waals surface area contributed by atoms with Crippen LogP contribution in [0.25, 0.3) is 11.1 Å². The maximum atomic E-state index is 12.3. The van der Waals surface area contributed by atoms with Crippen LogP contribution in [-0.4, -0.2) is 13.7 Å². The van der Waals surface area contributed by atoms with Crippen molar-refractivity contribution in [1.29, 1.82) is 5.26 Å². The first-order valence-electron chi connectivity index (χ1n) is 7.39. The molecule has 1 aromatic carbocycles. The molecule has 2 aromatic heterocycles. The van der Waals surface area contributed by atoms with Gasteiger partial charge in [0.15, 0.2) is 5.58 Å². The largest absolute Gasteiger partial charge is 0.420 e. The Kier molecular flexibility index (Phi) is 3.92. The van der Waals surface area contributed by atoms with Crippen molar-refractivity contribution in [3.8, 4) is 6.07 Å². The van der Waals surface area contributed by atoms with Crippen LogP contribution in [0.1, 0.15) is 12.5 Å². The topological polar surface area (TPSA) is 103 Å². The summed E-state index contributed by atoms with van der Waals surface area (Å²) in [4.78, 5) is 36.5. The summed E-state index contributed by atoms with van der Waals surface area (Å²) < 4.78 is 8.74. The average molecular weight is 326 g/mol. The Morgan fingerprint density at radius 2 is 1.83 bits per heavy atom. The molecule has 0 atom stereocenters. The number of aryl methyl sites for hydroxylation is 2. The van der Waals surface area contributed by atoms with Gasteiger partial charge in [0, 0.05) is 25.8 Å². The normalized spacial score (nSPS) is 10.8. The van der Waals surface area contributed by atoms with Crippen LogP contribution in [0.5, 0.6) is 0 Å². The second kappa shape index (κ2) is 6.04. The predicted molar refractivity (Wildman–Crippen MR) is 85.8 cm³/mol. The number of hydrogen-bond acceptors (Lipinski definition) is 5. The van der Waals surface area contributed by atoms with Crippen molar-refractivity contribution in [3.63, 3.8) is 0 Å². The van der Waals surface area contributed by atoms with E-state index in [0.717, 1.165) is 4.57 Å². The molecule has 0 fully saturated rings. The van der Waals surface area contributed by atoms with Gasteiger partial charge in [-0.25, -0.2) is 9.59 Å². The number of oxazole rings is 1. The zero-order valence-corrected chi connectivity index (χ0v) is 12.9. The highest BCUT2D eigenvalue weighted by molar-refractivity contribution is 5.72. The van der Waals surface area contributed by atoms with E-state index in [9.17, 15) is 14.4 Å². The van der Waals surface area contributed by atoms with Gasteiger partial charge in [-0.3, -0.25) is 18.5 Å². The molecular formula is C16H14N4O4. The van der Waals surface area contributed by atoms with Gasteiger partial charge in [-0.2, -0.15) is 5.26 Å². The number of para-hydroxylation sites is 2. The Morgan fingerprint density at radius 1 is 1.12 bits per heavy atom. The SMILES string of the molecule is CCn1cc(C#N)c(=O)n(CCn2c(=O)oc3ccccc32)c1=O. The minimum atomic E-state index is -0.659. The summed E-state index contributed by atoms with van der Waals surface area (Å²) in [5.41, 5.74) is -0.259. The Labute approximate surface area is 135 Å². The smallest absolute Gasteiger partial charge is 0.408 e. The average Bonchev–Trinajstić information content (AvgIpc) is 2.90. The first-order valence-corrected chi connectivity index (χ1v) is 7.39. The Balaban J connectivity index is 2.05. The molecule has 0 saturated heterocycles. The third-order valence-corrected chi connectivity index (χ3v) is 3.82. The van der Waals surface area contributed by atoms with Gasteiger partial charge >= 0.3 is 11.4 Å². The summed E-state index contributed by atoms with van der Waals surface area (Å²) >= 11 is 0. The minimum absolute atomic E-state index is 0.0311. The molecule has 8 nitrogen and oxygen atoms in total. The molecule has 3 rings (SSSR count). The zero-order chi connectivity index (χ0) is 17.3. The van der Waals surface area contributed by atoms with Crippen LogP contribution in [0.4, 0.5) is 0 Å². The first kappa shape index (κ1) is 15.6. The second-order valence-corrected chi connectivity index (χ2v) is 5.17. The number of benzene rings is 1. The van der Waals surface area contributed by atoms with Gasteiger partial charge in [-0.05, 0) is 19.1 Å². The molecule has 0 unspecified atom stereocenters. The predicted octanol–water partition coefficient (Wildman–Crippen LogP) is 0.510. The summed E-state index contributed by atoms with van der Waals surface area (Å²) in [6.45, 7) is 2.13. The molecule has 0 amide bonds. The molecule has 0 saturated carbocycles. The van der Waals surface area contributed by atoms with Crippen LogP contribution in [0.2, 0.25) is 0 Å². The van der Waals surface area contributed by atoms with E-state index < -0.39 is 17.0 Å². The lowest BCUT2D eigenvalue weighted by Gasteiger charge is -2.09. The zero-order valence-electron chi connectivity index (χ0n) is 12.9. The second-order valence-electron chi connectivity index (χ2n) is 5.17. The molecule has 2 heterocycles. The molecule has 0 aliphatic rings. The molecule has 3 aromatic rings. The van der Waals surface area contributed by atoms with Gasteiger partial charge in [-0.15, -0.1) is 0 Å². The van der Waals surface area contributed by atoms with Crippen LogP contribution in [0.3, 0.4) is 0 Å². The lowest BCUT2D eigenvalue weighted by Crippen LogP contribution is -2.41. The first-order chi connectivity index (χ1) is 11.6. The number of nitriles is 1. The van der Waals surface area contributed by atoms with E-state index in [1.165, 1.54) is 15.3 Å². The maximum Gasteiger partial charge on any atom is 0.420 e. The molecule has 0 bridgehead atoms. The fraction of sp³-hybridized carbons (Fsp3) is 0.250. The number of fused-ring (bicyclic) bond motifs is 1. The van der Waals surface area contributed by atoms with Gasteiger partial charge in [-0.1, -0.05) is 12.1 Å². The third kappa shape index (κ3) is 2.46. The van der Waals surface area contributed by atoms with E-state index in [-0.39, 0.29) is 18.7 Å². The minimum Gasteiger partial charge on any atom is -0.408 e.